The van der Waals surface area contributed by atoms with Crippen LogP contribution in [0.4, 0.5) is 4.79 Å². The van der Waals surface area contributed by atoms with Crippen LogP contribution in [0.3, 0.4) is 0 Å². The van der Waals surface area contributed by atoms with Crippen LogP contribution in [0, 0.1) is 11.8 Å². The average Bonchev–Trinajstić information content (AvgIpc) is 3.05. The van der Waals surface area contributed by atoms with Crippen molar-refractivity contribution < 1.29 is 28.8 Å². The summed E-state index contributed by atoms with van der Waals surface area (Å²) in [6.07, 6.45) is 5.61. The normalized spacial score (nSPS) is 15.3. The summed E-state index contributed by atoms with van der Waals surface area (Å²) >= 11 is 6.04. The first kappa shape index (κ1) is 35.8. The lowest BCUT2D eigenvalue weighted by molar-refractivity contribution is -0.172. The predicted molar refractivity (Wildman–Crippen MR) is 173 cm³/mol. The molecule has 3 atom stereocenters. The Morgan fingerprint density at radius 1 is 0.911 bits per heavy atom. The first-order chi connectivity index (χ1) is 21.6. The number of rotatable bonds is 15. The van der Waals surface area contributed by atoms with E-state index < -0.39 is 35.9 Å². The highest BCUT2D eigenvalue weighted by molar-refractivity contribution is 6.30. The Balaban J connectivity index is 1.68. The minimum atomic E-state index is -1.05. The minimum absolute atomic E-state index is 0.0126. The molecule has 10 nitrogen and oxygen atoms in total. The molecular formula is C34H47ClN4O6. The zero-order chi connectivity index (χ0) is 32.8. The first-order valence-electron chi connectivity index (χ1n) is 15.7. The van der Waals surface area contributed by atoms with Gasteiger partial charge in [0.25, 0.3) is 5.91 Å². The molecule has 0 heterocycles. The van der Waals surface area contributed by atoms with Crippen LogP contribution in [0.15, 0.2) is 54.6 Å². The van der Waals surface area contributed by atoms with Gasteiger partial charge in [0.05, 0.1) is 7.11 Å². The van der Waals surface area contributed by atoms with E-state index >= 15 is 0 Å². The fourth-order valence-corrected chi connectivity index (χ4v) is 5.85. The van der Waals surface area contributed by atoms with Crippen molar-refractivity contribution in [1.29, 1.82) is 0 Å². The number of carbonyl (C=O) groups is 4. The topological polar surface area (TPSA) is 117 Å². The van der Waals surface area contributed by atoms with Crippen molar-refractivity contribution >= 4 is 35.4 Å². The van der Waals surface area contributed by atoms with Gasteiger partial charge >= 0.3 is 6.09 Å². The Morgan fingerprint density at radius 2 is 1.60 bits per heavy atom. The maximum Gasteiger partial charge on any atom is 0.408 e. The molecule has 2 aromatic carbocycles. The fourth-order valence-electron chi connectivity index (χ4n) is 5.63. The summed E-state index contributed by atoms with van der Waals surface area (Å²) in [4.78, 5) is 59.9. The van der Waals surface area contributed by atoms with Gasteiger partial charge in [-0.3, -0.25) is 19.2 Å². The van der Waals surface area contributed by atoms with Gasteiger partial charge in [0.15, 0.2) is 0 Å². The number of nitrogens with zero attached hydrogens (tertiary/aromatic N) is 2. The Morgan fingerprint density at radius 3 is 2.27 bits per heavy atom. The molecule has 1 unspecified atom stereocenters. The molecular weight excluding hydrogens is 596 g/mol. The van der Waals surface area contributed by atoms with Crippen LogP contribution in [-0.4, -0.2) is 73.6 Å². The fraction of sp³-hybridized carbons (Fsp3) is 0.529. The molecule has 0 radical (unpaired) electrons. The van der Waals surface area contributed by atoms with Crippen molar-refractivity contribution in [2.24, 2.45) is 11.8 Å². The summed E-state index contributed by atoms with van der Waals surface area (Å²) in [5, 5.41) is 7.11. The van der Waals surface area contributed by atoms with Gasteiger partial charge in [0.2, 0.25) is 11.8 Å². The van der Waals surface area contributed by atoms with Gasteiger partial charge in [-0.1, -0.05) is 93.1 Å². The molecule has 0 spiro atoms. The van der Waals surface area contributed by atoms with E-state index in [4.69, 9.17) is 21.2 Å². The number of ether oxygens (including phenoxy) is 1. The van der Waals surface area contributed by atoms with Gasteiger partial charge in [-0.05, 0) is 48.4 Å². The molecule has 45 heavy (non-hydrogen) atoms. The quantitative estimate of drug-likeness (QED) is 0.260. The number of benzene rings is 2. The maximum atomic E-state index is 13.7. The van der Waals surface area contributed by atoms with Crippen molar-refractivity contribution in [2.75, 3.05) is 27.7 Å². The van der Waals surface area contributed by atoms with E-state index in [1.54, 1.807) is 43.1 Å². The molecule has 0 bridgehead atoms. The summed E-state index contributed by atoms with van der Waals surface area (Å²) in [7, 11) is 4.54. The molecule has 1 fully saturated rings. The van der Waals surface area contributed by atoms with Crippen LogP contribution in [-0.2, 0) is 37.0 Å². The Hall–Kier alpha value is -3.63. The predicted octanol–water partition coefficient (Wildman–Crippen LogP) is 5.14. The molecule has 2 N–H and O–H groups in total. The van der Waals surface area contributed by atoms with Crippen LogP contribution in [0.5, 0.6) is 0 Å². The second-order valence-electron chi connectivity index (χ2n) is 11.9. The van der Waals surface area contributed by atoms with Crippen LogP contribution in [0.2, 0.25) is 5.02 Å². The summed E-state index contributed by atoms with van der Waals surface area (Å²) in [5.41, 5.74) is 1.83. The maximum absolute atomic E-state index is 13.7. The third-order valence-electron chi connectivity index (χ3n) is 8.33. The zero-order valence-electron chi connectivity index (χ0n) is 26.8. The monoisotopic (exact) mass is 642 g/mol. The molecule has 0 saturated heterocycles. The number of likely N-dealkylation sites (N-methyl/N-ethyl adjacent to an activating group) is 2. The second-order valence-corrected chi connectivity index (χ2v) is 12.3. The van der Waals surface area contributed by atoms with Crippen LogP contribution in [0.25, 0.3) is 0 Å². The van der Waals surface area contributed by atoms with Gasteiger partial charge < -0.3 is 20.3 Å². The second kappa shape index (κ2) is 18.4. The lowest BCUT2D eigenvalue weighted by Crippen LogP contribution is -2.55. The van der Waals surface area contributed by atoms with E-state index in [9.17, 15) is 19.2 Å². The van der Waals surface area contributed by atoms with Crippen molar-refractivity contribution in [3.05, 3.63) is 70.7 Å². The van der Waals surface area contributed by atoms with E-state index in [0.29, 0.717) is 30.0 Å². The largest absolute Gasteiger partial charge is 0.445 e. The molecule has 1 aliphatic rings. The summed E-state index contributed by atoms with van der Waals surface area (Å²) in [6, 6.07) is 14.9. The highest BCUT2D eigenvalue weighted by Crippen LogP contribution is 2.27. The standard InChI is InChI=1S/C34H47ClN4O6/c1-24(32(41)38(2)19-18-25-12-7-5-8-13-25)20-30(33(42)39(3)44-4)36-31(40)29(22-26-14-9-6-10-15-26)37-34(43)45-23-27-16-11-17-28(35)21-27/h5,7-8,11-13,16-17,21,24,26,29-30H,6,9-10,14-15,18-20,22-23H2,1-4H3,(H,36,40)(H,37,43)/t24?,29-,30-/m0/s1. The number of alkyl carbamates (subject to hydrolysis) is 1. The Labute approximate surface area is 271 Å². The molecule has 11 heteroatoms. The van der Waals surface area contributed by atoms with Crippen molar-refractivity contribution in [3.8, 4) is 0 Å². The third-order valence-corrected chi connectivity index (χ3v) is 8.56. The van der Waals surface area contributed by atoms with Crippen molar-refractivity contribution in [3.63, 3.8) is 0 Å². The molecule has 1 saturated carbocycles. The number of hydroxylamine groups is 2. The zero-order valence-corrected chi connectivity index (χ0v) is 27.6. The summed E-state index contributed by atoms with van der Waals surface area (Å²) < 4.78 is 5.40. The lowest BCUT2D eigenvalue weighted by Gasteiger charge is -2.30. The minimum Gasteiger partial charge on any atom is -0.445 e. The Kier molecular flexibility index (Phi) is 14.6. The van der Waals surface area contributed by atoms with E-state index in [1.807, 2.05) is 30.3 Å². The van der Waals surface area contributed by atoms with Gasteiger partial charge in [0, 0.05) is 31.6 Å². The van der Waals surface area contributed by atoms with Crippen LogP contribution < -0.4 is 10.6 Å². The van der Waals surface area contributed by atoms with E-state index in [2.05, 4.69) is 10.6 Å². The number of halogens is 1. The van der Waals surface area contributed by atoms with Crippen molar-refractivity contribution in [2.45, 2.75) is 77.0 Å². The van der Waals surface area contributed by atoms with Crippen LogP contribution in [0.1, 0.15) is 63.0 Å². The molecule has 4 amide bonds. The molecule has 1 aliphatic carbocycles. The molecule has 0 aliphatic heterocycles. The smallest absolute Gasteiger partial charge is 0.408 e. The van der Waals surface area contributed by atoms with Gasteiger partial charge in [-0.15, -0.1) is 0 Å². The van der Waals surface area contributed by atoms with Gasteiger partial charge in [0.1, 0.15) is 18.7 Å². The number of hydrogen-bond acceptors (Lipinski definition) is 6. The van der Waals surface area contributed by atoms with E-state index in [-0.39, 0.29) is 24.9 Å². The van der Waals surface area contributed by atoms with Gasteiger partial charge in [-0.25, -0.2) is 9.86 Å². The SMILES string of the molecule is CON(C)C(=O)[C@H](CC(C)C(=O)N(C)CCc1ccccc1)NC(=O)[C@H](CC1CCCCC1)NC(=O)OCc1cccc(Cl)c1. The molecule has 2 aromatic rings. The van der Waals surface area contributed by atoms with Crippen molar-refractivity contribution in [1.82, 2.24) is 20.6 Å². The summed E-state index contributed by atoms with van der Waals surface area (Å²) in [5.74, 6) is -1.48. The van der Waals surface area contributed by atoms with Crippen LogP contribution >= 0.6 is 11.6 Å². The molecule has 246 valence electrons. The lowest BCUT2D eigenvalue weighted by atomic mass is 9.84. The highest BCUT2D eigenvalue weighted by atomic mass is 35.5. The highest BCUT2D eigenvalue weighted by Gasteiger charge is 2.33. The first-order valence-corrected chi connectivity index (χ1v) is 16.0. The third kappa shape index (κ3) is 12.0. The van der Waals surface area contributed by atoms with E-state index in [0.717, 1.165) is 42.7 Å². The number of carbonyl (C=O) groups excluding carboxylic acids is 4. The summed E-state index contributed by atoms with van der Waals surface area (Å²) in [6.45, 7) is 2.24. The average molecular weight is 643 g/mol. The van der Waals surface area contributed by atoms with E-state index in [1.165, 1.54) is 14.2 Å². The number of hydrogen-bond donors (Lipinski definition) is 2. The van der Waals surface area contributed by atoms with Gasteiger partial charge in [-0.2, -0.15) is 0 Å². The number of amides is 4. The number of nitrogens with one attached hydrogen (secondary N) is 2. The Bertz CT molecular complexity index is 1260. The molecule has 3 rings (SSSR count). The molecule has 0 aromatic heterocycles.